The highest BCUT2D eigenvalue weighted by atomic mass is 16.5. The Morgan fingerprint density at radius 3 is 1.79 bits per heavy atom. The van der Waals surface area contributed by atoms with Gasteiger partial charge in [-0.3, -0.25) is 4.79 Å². The molecular formula is C35H50N2O5. The summed E-state index contributed by atoms with van der Waals surface area (Å²) in [5, 5.41) is 14.8. The maximum atomic E-state index is 12.5. The normalized spacial score (nSPS) is 12.8. The molecule has 2 aromatic carbocycles. The minimum Gasteiger partial charge on any atom is -0.480 e. The molecule has 2 aromatic rings. The SMILES string of the molecule is CCCCCCCCCCCCCCCC(=O)NCCC(NC(=O)OCC1c2ccccc2-c2ccccc21)C(=O)O. The van der Waals surface area contributed by atoms with E-state index in [9.17, 15) is 19.5 Å². The summed E-state index contributed by atoms with van der Waals surface area (Å²) in [4.78, 5) is 36.4. The number of rotatable bonds is 21. The lowest BCUT2D eigenvalue weighted by Crippen LogP contribution is -2.43. The number of carbonyl (C=O) groups is 3. The molecule has 3 rings (SSSR count). The molecule has 0 saturated heterocycles. The number of benzene rings is 2. The number of ether oxygens (including phenoxy) is 1. The molecule has 0 fully saturated rings. The third kappa shape index (κ3) is 11.1. The Kier molecular flexibility index (Phi) is 15.0. The average molecular weight is 579 g/mol. The van der Waals surface area contributed by atoms with Gasteiger partial charge >= 0.3 is 12.1 Å². The van der Waals surface area contributed by atoms with E-state index in [4.69, 9.17) is 4.74 Å². The van der Waals surface area contributed by atoms with Gasteiger partial charge in [0, 0.05) is 18.9 Å². The topological polar surface area (TPSA) is 105 Å². The van der Waals surface area contributed by atoms with Gasteiger partial charge in [-0.05, 0) is 35.1 Å². The molecule has 3 N–H and O–H groups in total. The van der Waals surface area contributed by atoms with E-state index in [-0.39, 0.29) is 31.4 Å². The van der Waals surface area contributed by atoms with Crippen LogP contribution in [0.15, 0.2) is 48.5 Å². The molecule has 1 atom stereocenters. The maximum absolute atomic E-state index is 12.5. The fourth-order valence-corrected chi connectivity index (χ4v) is 5.79. The van der Waals surface area contributed by atoms with Crippen LogP contribution in [0.2, 0.25) is 0 Å². The number of carboxylic acid groups (broad SMARTS) is 1. The van der Waals surface area contributed by atoms with Crippen molar-refractivity contribution in [2.45, 2.75) is 115 Å². The van der Waals surface area contributed by atoms with Gasteiger partial charge in [0.2, 0.25) is 5.91 Å². The van der Waals surface area contributed by atoms with Crippen LogP contribution in [0.5, 0.6) is 0 Å². The number of amides is 2. The fourth-order valence-electron chi connectivity index (χ4n) is 5.79. The van der Waals surface area contributed by atoms with E-state index in [0.29, 0.717) is 6.42 Å². The highest BCUT2D eigenvalue weighted by molar-refractivity contribution is 5.81. The van der Waals surface area contributed by atoms with Crippen molar-refractivity contribution in [3.63, 3.8) is 0 Å². The van der Waals surface area contributed by atoms with Gasteiger partial charge in [-0.2, -0.15) is 0 Å². The van der Waals surface area contributed by atoms with Crippen molar-refractivity contribution in [1.29, 1.82) is 0 Å². The van der Waals surface area contributed by atoms with Gasteiger partial charge in [-0.15, -0.1) is 0 Å². The summed E-state index contributed by atoms with van der Waals surface area (Å²) in [6.07, 6.45) is 16.0. The first kappa shape index (κ1) is 33.2. The maximum Gasteiger partial charge on any atom is 0.407 e. The van der Waals surface area contributed by atoms with Gasteiger partial charge < -0.3 is 20.5 Å². The van der Waals surface area contributed by atoms with Gasteiger partial charge in [-0.1, -0.05) is 133 Å². The minimum absolute atomic E-state index is 0.0802. The number of unbranched alkanes of at least 4 members (excludes halogenated alkanes) is 12. The zero-order chi connectivity index (χ0) is 30.0. The van der Waals surface area contributed by atoms with Crippen molar-refractivity contribution in [2.24, 2.45) is 0 Å². The minimum atomic E-state index is -1.16. The number of hydrogen-bond acceptors (Lipinski definition) is 4. The highest BCUT2D eigenvalue weighted by Crippen LogP contribution is 2.44. The number of nitrogens with one attached hydrogen (secondary N) is 2. The van der Waals surface area contributed by atoms with E-state index in [1.807, 2.05) is 36.4 Å². The predicted octanol–water partition coefficient (Wildman–Crippen LogP) is 7.97. The monoisotopic (exact) mass is 578 g/mol. The lowest BCUT2D eigenvalue weighted by Gasteiger charge is -2.17. The molecule has 1 aliphatic rings. The second-order valence-electron chi connectivity index (χ2n) is 11.5. The Morgan fingerprint density at radius 2 is 1.26 bits per heavy atom. The molecule has 7 heteroatoms. The molecule has 0 heterocycles. The van der Waals surface area contributed by atoms with Crippen LogP contribution < -0.4 is 10.6 Å². The molecular weight excluding hydrogens is 528 g/mol. The van der Waals surface area contributed by atoms with Crippen molar-refractivity contribution in [2.75, 3.05) is 13.2 Å². The van der Waals surface area contributed by atoms with E-state index < -0.39 is 18.1 Å². The summed E-state index contributed by atoms with van der Waals surface area (Å²) < 4.78 is 5.48. The van der Waals surface area contributed by atoms with Crippen LogP contribution in [0.25, 0.3) is 11.1 Å². The van der Waals surface area contributed by atoms with Crippen molar-refractivity contribution in [3.8, 4) is 11.1 Å². The van der Waals surface area contributed by atoms with Crippen LogP contribution in [0.1, 0.15) is 120 Å². The van der Waals surface area contributed by atoms with E-state index in [2.05, 4.69) is 29.7 Å². The Bertz CT molecular complexity index is 1070. The highest BCUT2D eigenvalue weighted by Gasteiger charge is 2.29. The van der Waals surface area contributed by atoms with E-state index >= 15 is 0 Å². The third-order valence-corrected chi connectivity index (χ3v) is 8.20. The Hall–Kier alpha value is -3.35. The zero-order valence-corrected chi connectivity index (χ0v) is 25.4. The molecule has 0 spiro atoms. The van der Waals surface area contributed by atoms with Crippen LogP contribution in [0.3, 0.4) is 0 Å². The predicted molar refractivity (Wildman–Crippen MR) is 168 cm³/mol. The summed E-state index contributed by atoms with van der Waals surface area (Å²) in [6, 6.07) is 14.9. The lowest BCUT2D eigenvalue weighted by molar-refractivity contribution is -0.139. The van der Waals surface area contributed by atoms with Gasteiger partial charge in [-0.25, -0.2) is 9.59 Å². The van der Waals surface area contributed by atoms with E-state index in [1.165, 1.54) is 64.2 Å². The average Bonchev–Trinajstić information content (AvgIpc) is 3.31. The van der Waals surface area contributed by atoms with Crippen LogP contribution in [-0.2, 0) is 14.3 Å². The number of fused-ring (bicyclic) bond motifs is 3. The molecule has 0 aliphatic heterocycles. The van der Waals surface area contributed by atoms with Gasteiger partial charge in [0.05, 0.1) is 0 Å². The first-order valence-electron chi connectivity index (χ1n) is 16.1. The molecule has 1 aliphatic carbocycles. The quantitative estimate of drug-likeness (QED) is 0.130. The molecule has 1 unspecified atom stereocenters. The third-order valence-electron chi connectivity index (χ3n) is 8.20. The molecule has 2 amide bonds. The zero-order valence-electron chi connectivity index (χ0n) is 25.4. The Labute approximate surface area is 251 Å². The van der Waals surface area contributed by atoms with Crippen molar-refractivity contribution in [3.05, 3.63) is 59.7 Å². The summed E-state index contributed by atoms with van der Waals surface area (Å²) in [5.74, 6) is -1.34. The van der Waals surface area contributed by atoms with Crippen LogP contribution in [-0.4, -0.2) is 42.3 Å². The van der Waals surface area contributed by atoms with Crippen LogP contribution in [0, 0.1) is 0 Å². The number of alkyl carbamates (subject to hydrolysis) is 1. The molecule has 0 radical (unpaired) electrons. The Morgan fingerprint density at radius 1 is 0.762 bits per heavy atom. The van der Waals surface area contributed by atoms with E-state index in [0.717, 1.165) is 41.5 Å². The summed E-state index contributed by atoms with van der Waals surface area (Å²) in [6.45, 7) is 2.54. The molecule has 0 aromatic heterocycles. The number of carboxylic acids is 1. The second kappa shape index (κ2) is 19.0. The molecule has 0 saturated carbocycles. The first-order chi connectivity index (χ1) is 20.5. The van der Waals surface area contributed by atoms with Gasteiger partial charge in [0.15, 0.2) is 0 Å². The van der Waals surface area contributed by atoms with Crippen LogP contribution >= 0.6 is 0 Å². The number of hydrogen-bond donors (Lipinski definition) is 3. The van der Waals surface area contributed by atoms with Gasteiger partial charge in [0.25, 0.3) is 0 Å². The largest absolute Gasteiger partial charge is 0.480 e. The lowest BCUT2D eigenvalue weighted by atomic mass is 9.98. The fraction of sp³-hybridized carbons (Fsp3) is 0.571. The number of aliphatic carboxylic acids is 1. The molecule has 230 valence electrons. The van der Waals surface area contributed by atoms with Crippen molar-refractivity contribution < 1.29 is 24.2 Å². The first-order valence-corrected chi connectivity index (χ1v) is 16.1. The second-order valence-corrected chi connectivity index (χ2v) is 11.5. The molecule has 42 heavy (non-hydrogen) atoms. The molecule has 0 bridgehead atoms. The number of carbonyl (C=O) groups excluding carboxylic acids is 2. The van der Waals surface area contributed by atoms with Crippen LogP contribution in [0.4, 0.5) is 4.79 Å². The smallest absolute Gasteiger partial charge is 0.407 e. The molecule has 7 nitrogen and oxygen atoms in total. The van der Waals surface area contributed by atoms with Gasteiger partial charge in [0.1, 0.15) is 12.6 Å². The standard InChI is InChI=1S/C35H50N2O5/c1-2-3-4-5-6-7-8-9-10-11-12-13-14-23-33(38)36-25-24-32(34(39)40)37-35(41)42-26-31-29-21-17-15-19-27(29)28-20-16-18-22-30(28)31/h15-22,31-32H,2-14,23-26H2,1H3,(H,36,38)(H,37,41)(H,39,40). The summed E-state index contributed by atoms with van der Waals surface area (Å²) >= 11 is 0. The van der Waals surface area contributed by atoms with Crippen molar-refractivity contribution >= 4 is 18.0 Å². The summed E-state index contributed by atoms with van der Waals surface area (Å²) in [5.41, 5.74) is 4.43. The van der Waals surface area contributed by atoms with Crippen molar-refractivity contribution in [1.82, 2.24) is 10.6 Å². The summed E-state index contributed by atoms with van der Waals surface area (Å²) in [7, 11) is 0. The Balaban J connectivity index is 1.25. The van der Waals surface area contributed by atoms with E-state index in [1.54, 1.807) is 0 Å².